The van der Waals surface area contributed by atoms with Gasteiger partial charge in [0.05, 0.1) is 12.6 Å². The first-order valence-electron chi connectivity index (χ1n) is 16.8. The van der Waals surface area contributed by atoms with Gasteiger partial charge in [0.25, 0.3) is 5.91 Å². The molecule has 1 aliphatic heterocycles. The van der Waals surface area contributed by atoms with Crippen LogP contribution >= 0.6 is 0 Å². The van der Waals surface area contributed by atoms with E-state index in [9.17, 15) is 28.8 Å². The van der Waals surface area contributed by atoms with Crippen molar-refractivity contribution >= 4 is 35.6 Å². The highest BCUT2D eigenvalue weighted by Gasteiger charge is 2.69. The van der Waals surface area contributed by atoms with Gasteiger partial charge in [0, 0.05) is 19.5 Å². The van der Waals surface area contributed by atoms with Crippen molar-refractivity contribution in [1.82, 2.24) is 20.9 Å². The van der Waals surface area contributed by atoms with Crippen LogP contribution in [-0.4, -0.2) is 83.9 Å². The Labute approximate surface area is 273 Å². The largest absolute Gasteiger partial charge is 0.466 e. The summed E-state index contributed by atoms with van der Waals surface area (Å²) in [6.07, 6.45) is 6.40. The molecule has 5 atom stereocenters. The van der Waals surface area contributed by atoms with Crippen molar-refractivity contribution in [2.75, 3.05) is 19.7 Å². The number of hydrogen-bond acceptors (Lipinski definition) is 8. The van der Waals surface area contributed by atoms with E-state index >= 15 is 0 Å². The zero-order valence-corrected chi connectivity index (χ0v) is 28.4. The summed E-state index contributed by atoms with van der Waals surface area (Å²) in [5, 5.41) is 8.16. The highest BCUT2D eigenvalue weighted by Crippen LogP contribution is 2.65. The Balaban J connectivity index is 1.76. The lowest BCUT2D eigenvalue weighted by molar-refractivity contribution is -0.145. The van der Waals surface area contributed by atoms with Gasteiger partial charge >= 0.3 is 12.1 Å². The van der Waals surface area contributed by atoms with Crippen LogP contribution in [-0.2, 0) is 33.4 Å². The van der Waals surface area contributed by atoms with Gasteiger partial charge in [-0.2, -0.15) is 0 Å². The van der Waals surface area contributed by atoms with Crippen LogP contribution in [0.2, 0.25) is 0 Å². The van der Waals surface area contributed by atoms with Crippen LogP contribution in [0.4, 0.5) is 4.79 Å². The number of likely N-dealkylation sites (tertiary alicyclic amines) is 1. The predicted molar refractivity (Wildman–Crippen MR) is 171 cm³/mol. The van der Waals surface area contributed by atoms with Crippen molar-refractivity contribution in [3.63, 3.8) is 0 Å². The lowest BCUT2D eigenvalue weighted by atomic mass is 9.83. The summed E-state index contributed by atoms with van der Waals surface area (Å²) in [6.45, 7) is 15.5. The number of amides is 4. The average Bonchev–Trinajstić information content (AvgIpc) is 3.30. The van der Waals surface area contributed by atoms with Gasteiger partial charge in [-0.1, -0.05) is 39.2 Å². The zero-order valence-electron chi connectivity index (χ0n) is 28.4. The van der Waals surface area contributed by atoms with Crippen molar-refractivity contribution in [3.05, 3.63) is 12.7 Å². The number of carbonyl (C=O) groups is 6. The predicted octanol–water partition coefficient (Wildman–Crippen LogP) is 3.42. The molecule has 46 heavy (non-hydrogen) atoms. The molecule has 1 heterocycles. The number of allylic oxidation sites excluding steroid dienone is 1. The molecule has 1 saturated heterocycles. The first kappa shape index (κ1) is 37.0. The monoisotopic (exact) mass is 646 g/mol. The molecule has 3 fully saturated rings. The van der Waals surface area contributed by atoms with Crippen LogP contribution in [0, 0.1) is 23.2 Å². The number of nitrogens with zero attached hydrogens (tertiary/aromatic N) is 1. The van der Waals surface area contributed by atoms with Crippen LogP contribution in [0.25, 0.3) is 0 Å². The normalized spacial score (nSPS) is 23.3. The fourth-order valence-electron chi connectivity index (χ4n) is 7.00. The minimum absolute atomic E-state index is 0.0862. The van der Waals surface area contributed by atoms with Gasteiger partial charge in [-0.3, -0.25) is 24.0 Å². The molecular formula is C34H54N4O8. The number of ether oxygens (including phenoxy) is 2. The maximum absolute atomic E-state index is 14.3. The Kier molecular flexibility index (Phi) is 12.8. The summed E-state index contributed by atoms with van der Waals surface area (Å²) < 4.78 is 10.4. The van der Waals surface area contributed by atoms with Gasteiger partial charge < -0.3 is 30.3 Å². The second-order valence-electron chi connectivity index (χ2n) is 14.4. The van der Waals surface area contributed by atoms with E-state index in [0.29, 0.717) is 19.4 Å². The highest BCUT2D eigenvalue weighted by molar-refractivity contribution is 6.38. The van der Waals surface area contributed by atoms with Crippen LogP contribution in [0.1, 0.15) is 99.3 Å². The molecule has 4 amide bonds. The topological polar surface area (TPSA) is 160 Å². The quantitative estimate of drug-likeness (QED) is 0.106. The van der Waals surface area contributed by atoms with E-state index in [1.807, 2.05) is 0 Å². The van der Waals surface area contributed by atoms with E-state index in [0.717, 1.165) is 32.1 Å². The summed E-state index contributed by atoms with van der Waals surface area (Å²) in [7, 11) is 0. The second-order valence-corrected chi connectivity index (χ2v) is 14.4. The molecule has 2 saturated carbocycles. The van der Waals surface area contributed by atoms with E-state index in [2.05, 4.69) is 36.4 Å². The molecule has 258 valence electrons. The number of rotatable bonds is 15. The minimum atomic E-state index is -1.12. The fourth-order valence-corrected chi connectivity index (χ4v) is 7.00. The Morgan fingerprint density at radius 1 is 1.04 bits per heavy atom. The van der Waals surface area contributed by atoms with Crippen molar-refractivity contribution in [2.24, 2.45) is 23.2 Å². The summed E-state index contributed by atoms with van der Waals surface area (Å²) in [4.78, 5) is 80.3. The first-order valence-corrected chi connectivity index (χ1v) is 16.8. The summed E-state index contributed by atoms with van der Waals surface area (Å²) in [6, 6.07) is -2.82. The fraction of sp³-hybridized carbons (Fsp3) is 0.765. The van der Waals surface area contributed by atoms with Crippen molar-refractivity contribution in [1.29, 1.82) is 0 Å². The number of alkyl carbamates (subject to hydrolysis) is 1. The van der Waals surface area contributed by atoms with Gasteiger partial charge in [-0.15, -0.1) is 6.58 Å². The molecule has 0 radical (unpaired) electrons. The number of carbonyl (C=O) groups excluding carboxylic acids is 6. The van der Waals surface area contributed by atoms with E-state index in [-0.39, 0.29) is 61.0 Å². The van der Waals surface area contributed by atoms with E-state index in [4.69, 9.17) is 9.47 Å². The molecular weight excluding hydrogens is 592 g/mol. The minimum Gasteiger partial charge on any atom is -0.466 e. The smallest absolute Gasteiger partial charge is 0.408 e. The van der Waals surface area contributed by atoms with Gasteiger partial charge in [0.2, 0.25) is 17.6 Å². The first-order chi connectivity index (χ1) is 21.6. The summed E-state index contributed by atoms with van der Waals surface area (Å²) in [5.74, 6) is -3.00. The standard InChI is InChI=1S/C34H54N4O8/c1-8-10-17-23(28(40)30(42)35-19-14-18-24(39)45-9-2)36-29(41)27-25-22(34(25,6)7)20-38(27)31(43)26(21-15-12-11-13-16-21)37-32(44)46-33(3,4)5/h8,21-23,25-27H,1,9-20H2,2-7H3,(H,35,42)(H,36,41)(H,37,44)/t22?,23?,25?,26-,27-/m0/s1. The summed E-state index contributed by atoms with van der Waals surface area (Å²) in [5.41, 5.74) is -0.930. The number of esters is 1. The number of fused-ring (bicyclic) bond motifs is 1. The van der Waals surface area contributed by atoms with Crippen LogP contribution in [0.15, 0.2) is 12.7 Å². The maximum Gasteiger partial charge on any atom is 0.408 e. The SMILES string of the molecule is C=CCCC(NC(=O)[C@@H]1C2C(CN1C(=O)[C@@H](NC(=O)OC(C)(C)C)C1CCCCC1)C2(C)C)C(=O)C(=O)NCCCC(=O)OCC. The third-order valence-electron chi connectivity index (χ3n) is 9.48. The molecule has 2 aliphatic carbocycles. The molecule has 3 unspecified atom stereocenters. The Morgan fingerprint density at radius 3 is 2.33 bits per heavy atom. The molecule has 0 spiro atoms. The van der Waals surface area contributed by atoms with Gasteiger partial charge in [-0.25, -0.2) is 4.79 Å². The number of ketones is 1. The third-order valence-corrected chi connectivity index (χ3v) is 9.48. The highest BCUT2D eigenvalue weighted by atomic mass is 16.6. The zero-order chi connectivity index (χ0) is 34.2. The lowest BCUT2D eigenvalue weighted by Crippen LogP contribution is -2.59. The van der Waals surface area contributed by atoms with Crippen LogP contribution < -0.4 is 16.0 Å². The van der Waals surface area contributed by atoms with Crippen LogP contribution in [0.3, 0.4) is 0 Å². The second kappa shape index (κ2) is 15.9. The van der Waals surface area contributed by atoms with Crippen molar-refractivity contribution in [3.8, 4) is 0 Å². The molecule has 0 bridgehead atoms. The Morgan fingerprint density at radius 2 is 1.72 bits per heavy atom. The van der Waals surface area contributed by atoms with E-state index < -0.39 is 47.4 Å². The van der Waals surface area contributed by atoms with E-state index in [1.54, 1.807) is 38.7 Å². The Bertz CT molecular complexity index is 1160. The number of hydrogen-bond donors (Lipinski definition) is 3. The lowest BCUT2D eigenvalue weighted by Gasteiger charge is -2.37. The van der Waals surface area contributed by atoms with Gasteiger partial charge in [0.15, 0.2) is 0 Å². The molecule has 0 aromatic carbocycles. The van der Waals surface area contributed by atoms with Crippen LogP contribution in [0.5, 0.6) is 0 Å². The molecule has 3 rings (SSSR count). The molecule has 3 aliphatic rings. The third kappa shape index (κ3) is 9.54. The van der Waals surface area contributed by atoms with E-state index in [1.165, 1.54) is 0 Å². The van der Waals surface area contributed by atoms with Gasteiger partial charge in [-0.05, 0) is 83.0 Å². The number of piperidine rings is 1. The molecule has 0 aromatic rings. The average molecular weight is 647 g/mol. The van der Waals surface area contributed by atoms with Gasteiger partial charge in [0.1, 0.15) is 17.7 Å². The number of nitrogens with one attached hydrogen (secondary N) is 3. The van der Waals surface area contributed by atoms with Crippen molar-refractivity contribution in [2.45, 2.75) is 123 Å². The Hall–Kier alpha value is -3.44. The molecule has 3 N–H and O–H groups in total. The molecule has 12 nitrogen and oxygen atoms in total. The maximum atomic E-state index is 14.3. The number of Topliss-reactive ketones (excluding diaryl/α,β-unsaturated/α-hetero) is 1. The van der Waals surface area contributed by atoms with Crippen molar-refractivity contribution < 1.29 is 38.2 Å². The summed E-state index contributed by atoms with van der Waals surface area (Å²) >= 11 is 0. The molecule has 12 heteroatoms. The molecule has 0 aromatic heterocycles.